The molecule has 56 heavy (non-hydrogen) atoms. The van der Waals surface area contributed by atoms with Crippen molar-refractivity contribution in [2.75, 3.05) is 80.7 Å². The number of unbranched alkanes of at least 4 members (excludes halogenated alkanes) is 2. The van der Waals surface area contributed by atoms with Crippen molar-refractivity contribution in [1.29, 1.82) is 0 Å². The van der Waals surface area contributed by atoms with E-state index in [2.05, 4.69) is 109 Å². The zero-order valence-electron chi connectivity index (χ0n) is 33.3. The largest absolute Gasteiger partial charge is 0.494 e. The molecular weight excluding hydrogens is 697 g/mol. The van der Waals surface area contributed by atoms with Crippen LogP contribution in [0.15, 0.2) is 107 Å². The zero-order valence-corrected chi connectivity index (χ0v) is 33.3. The van der Waals surface area contributed by atoms with Gasteiger partial charge in [0.1, 0.15) is 11.5 Å². The Morgan fingerprint density at radius 2 is 0.839 bits per heavy atom. The fourth-order valence-corrected chi connectivity index (χ4v) is 6.42. The molecule has 0 unspecified atom stereocenters. The molecule has 0 aromatic heterocycles. The molecule has 0 fully saturated rings. The van der Waals surface area contributed by atoms with E-state index in [4.69, 9.17) is 33.4 Å². The number of rotatable bonds is 22. The normalized spacial score (nSPS) is 11.0. The lowest BCUT2D eigenvalue weighted by Crippen LogP contribution is -2.42. The first-order chi connectivity index (χ1) is 27.1. The molecule has 4 rings (SSSR count). The van der Waals surface area contributed by atoms with Gasteiger partial charge in [-0.1, -0.05) is 70.6 Å². The van der Waals surface area contributed by atoms with E-state index in [9.17, 15) is 0 Å². The van der Waals surface area contributed by atoms with Gasteiger partial charge in [-0.15, -0.1) is 12.8 Å². The molecule has 0 aliphatic carbocycles. The van der Waals surface area contributed by atoms with Crippen LogP contribution in [0.5, 0.6) is 11.5 Å². The van der Waals surface area contributed by atoms with E-state index in [1.54, 1.807) is 0 Å². The molecule has 0 amide bonds. The molecule has 0 radical (unpaired) electrons. The Kier molecular flexibility index (Phi) is 16.5. The second-order valence-corrected chi connectivity index (χ2v) is 15.0. The maximum absolute atomic E-state index is 8.59. The maximum atomic E-state index is 8.59. The summed E-state index contributed by atoms with van der Waals surface area (Å²) in [4.78, 5) is 5.73. The third kappa shape index (κ3) is 13.6. The minimum absolute atomic E-state index is 0.497. The maximum Gasteiger partial charge on any atom is 0.119 e. The molecule has 4 aromatic rings. The van der Waals surface area contributed by atoms with Crippen LogP contribution in [0.3, 0.4) is 0 Å². The van der Waals surface area contributed by atoms with E-state index in [1.165, 1.54) is 0 Å². The molecule has 0 aliphatic rings. The van der Waals surface area contributed by atoms with Crippen molar-refractivity contribution in [2.45, 2.75) is 25.7 Å². The average molecular weight is 751 g/mol. The van der Waals surface area contributed by atoms with Gasteiger partial charge in [-0.2, -0.15) is 0 Å². The van der Waals surface area contributed by atoms with E-state index in [0.717, 1.165) is 117 Å². The van der Waals surface area contributed by atoms with Crippen LogP contribution in [0.4, 0.5) is 0 Å². The monoisotopic (exact) mass is 750 g/mol. The Bertz CT molecular complexity index is 1910. The molecular formula is C46H54N8O2+2. The predicted octanol–water partition coefficient (Wildman–Crippen LogP) is 9.75. The Morgan fingerprint density at radius 3 is 1.14 bits per heavy atom. The van der Waals surface area contributed by atoms with Crippen LogP contribution in [0.25, 0.3) is 32.0 Å². The van der Waals surface area contributed by atoms with E-state index in [0.29, 0.717) is 26.3 Å². The third-order valence-corrected chi connectivity index (χ3v) is 9.81. The number of hydrogen-bond acceptors (Lipinski definition) is 4. The van der Waals surface area contributed by atoms with Gasteiger partial charge in [-0.25, -0.2) is 0 Å². The fraction of sp³-hybridized carbons (Fsp3) is 0.348. The van der Waals surface area contributed by atoms with Crippen LogP contribution in [0.2, 0.25) is 0 Å². The Morgan fingerprint density at radius 1 is 0.518 bits per heavy atom. The highest BCUT2D eigenvalue weighted by atomic mass is 16.5. The van der Waals surface area contributed by atoms with E-state index in [1.807, 2.05) is 48.5 Å². The molecule has 0 spiro atoms. The van der Waals surface area contributed by atoms with Crippen molar-refractivity contribution in [3.63, 3.8) is 0 Å². The highest BCUT2D eigenvalue weighted by Crippen LogP contribution is 2.38. The highest BCUT2D eigenvalue weighted by molar-refractivity contribution is 6.04. The first-order valence-corrected chi connectivity index (χ1v) is 19.1. The predicted molar refractivity (Wildman–Crippen MR) is 228 cm³/mol. The summed E-state index contributed by atoms with van der Waals surface area (Å²) in [6, 6.07) is 32.7. The average Bonchev–Trinajstić information content (AvgIpc) is 3.20. The Balaban J connectivity index is 1.59. The van der Waals surface area contributed by atoms with Crippen LogP contribution in [-0.2, 0) is 0 Å². The minimum Gasteiger partial charge on any atom is -0.494 e. The molecule has 4 aromatic carbocycles. The van der Waals surface area contributed by atoms with Gasteiger partial charge in [-0.05, 0) is 119 Å². The standard InChI is InChI=1S/C46H54N8O2/c1-7-37-13-17-39(18-14-37)45(40-19-15-38(8-2)16-20-40)46(41-21-25-43(26-22-41)55-35-11-9-31-53(3,4)33-29-49-51-47)42-23-27-44(28-24-42)56-36-12-10-32-54(5,6)34-30-50-52-48/h1-2,13-28H,9-12,29-36H2,3-6H3/q+2. The smallest absolute Gasteiger partial charge is 0.119 e. The van der Waals surface area contributed by atoms with Crippen LogP contribution >= 0.6 is 0 Å². The molecule has 288 valence electrons. The van der Waals surface area contributed by atoms with Gasteiger partial charge in [0.25, 0.3) is 0 Å². The number of azide groups is 2. The first kappa shape index (κ1) is 42.6. The molecule has 0 aliphatic heterocycles. The second kappa shape index (κ2) is 21.7. The summed E-state index contributed by atoms with van der Waals surface area (Å²) in [6.45, 7) is 5.80. The van der Waals surface area contributed by atoms with Gasteiger partial charge in [0.2, 0.25) is 0 Å². The highest BCUT2D eigenvalue weighted by Gasteiger charge is 2.18. The summed E-state index contributed by atoms with van der Waals surface area (Å²) in [7, 11) is 8.62. The van der Waals surface area contributed by atoms with Crippen LogP contribution in [-0.4, -0.2) is 89.6 Å². The summed E-state index contributed by atoms with van der Waals surface area (Å²) < 4.78 is 14.0. The lowest BCUT2D eigenvalue weighted by molar-refractivity contribution is -0.889. The fourth-order valence-electron chi connectivity index (χ4n) is 6.42. The van der Waals surface area contributed by atoms with Gasteiger partial charge >= 0.3 is 0 Å². The van der Waals surface area contributed by atoms with E-state index < -0.39 is 0 Å². The number of terminal acetylenes is 2. The summed E-state index contributed by atoms with van der Waals surface area (Å²) >= 11 is 0. The minimum atomic E-state index is 0.497. The number of hydrogen-bond donors (Lipinski definition) is 0. The second-order valence-electron chi connectivity index (χ2n) is 15.0. The zero-order chi connectivity index (χ0) is 40.2. The van der Waals surface area contributed by atoms with Crippen molar-refractivity contribution in [3.8, 4) is 36.2 Å². The molecule has 0 saturated carbocycles. The van der Waals surface area contributed by atoms with Gasteiger partial charge in [0.05, 0.1) is 80.7 Å². The van der Waals surface area contributed by atoms with Crippen molar-refractivity contribution in [1.82, 2.24) is 0 Å². The summed E-state index contributed by atoms with van der Waals surface area (Å²) in [5.74, 6) is 7.10. The SMILES string of the molecule is C#Cc1ccc(C(=C(c2ccc(OCCCC[N+](C)(C)CCN=[N+]=[N-])cc2)c2ccc(OCCCC[N+](C)(C)CCN=[N+]=[N-])cc2)c2ccc(C#C)cc2)cc1. The molecule has 0 saturated heterocycles. The molecule has 0 heterocycles. The number of likely N-dealkylation sites (N-methyl/N-ethyl adjacent to an activating group) is 2. The third-order valence-electron chi connectivity index (χ3n) is 9.81. The number of ether oxygens (including phenoxy) is 2. The van der Waals surface area contributed by atoms with Gasteiger partial charge < -0.3 is 18.4 Å². The van der Waals surface area contributed by atoms with Crippen LogP contribution in [0.1, 0.15) is 59.1 Å². The lowest BCUT2D eigenvalue weighted by Gasteiger charge is -2.29. The molecule has 10 nitrogen and oxygen atoms in total. The van der Waals surface area contributed by atoms with Gasteiger partial charge in [0.15, 0.2) is 0 Å². The van der Waals surface area contributed by atoms with Crippen molar-refractivity contribution < 1.29 is 18.4 Å². The molecule has 0 N–H and O–H groups in total. The Hall–Kier alpha value is -6.12. The number of quaternary nitrogens is 2. The van der Waals surface area contributed by atoms with Crippen LogP contribution < -0.4 is 9.47 Å². The quantitative estimate of drug-likeness (QED) is 0.0151. The Labute approximate surface area is 332 Å². The molecule has 0 atom stereocenters. The van der Waals surface area contributed by atoms with E-state index in [-0.39, 0.29) is 0 Å². The summed E-state index contributed by atoms with van der Waals surface area (Å²) in [5, 5.41) is 7.36. The number of nitrogens with zero attached hydrogens (tertiary/aromatic N) is 8. The van der Waals surface area contributed by atoms with Crippen molar-refractivity contribution in [2.24, 2.45) is 10.2 Å². The van der Waals surface area contributed by atoms with E-state index >= 15 is 0 Å². The number of benzene rings is 4. The summed E-state index contributed by atoms with van der Waals surface area (Å²) in [5.41, 5.74) is 25.0. The lowest BCUT2D eigenvalue weighted by atomic mass is 9.85. The topological polar surface area (TPSA) is 116 Å². The van der Waals surface area contributed by atoms with Gasteiger partial charge in [0, 0.05) is 21.0 Å². The van der Waals surface area contributed by atoms with Crippen molar-refractivity contribution in [3.05, 3.63) is 151 Å². The van der Waals surface area contributed by atoms with Gasteiger partial charge in [-0.3, -0.25) is 0 Å². The molecule has 10 heteroatoms. The first-order valence-electron chi connectivity index (χ1n) is 19.1. The van der Waals surface area contributed by atoms with Crippen molar-refractivity contribution >= 4 is 11.1 Å². The summed E-state index contributed by atoms with van der Waals surface area (Å²) in [6.07, 6.45) is 15.3. The van der Waals surface area contributed by atoms with Crippen LogP contribution in [0, 0.1) is 24.7 Å². The molecule has 0 bridgehead atoms.